The van der Waals surface area contributed by atoms with E-state index in [0.717, 1.165) is 35.1 Å². The minimum atomic E-state index is -4.50. The highest BCUT2D eigenvalue weighted by atomic mass is 19.4. The summed E-state index contributed by atoms with van der Waals surface area (Å²) in [5, 5.41) is 8.72. The first-order valence-corrected chi connectivity index (χ1v) is 11.1. The van der Waals surface area contributed by atoms with Crippen LogP contribution in [-0.4, -0.2) is 64.2 Å². The smallest absolute Gasteiger partial charge is 0.372 e. The molecule has 1 aromatic carbocycles. The number of hydrogen-bond donors (Lipinski definition) is 0. The zero-order chi connectivity index (χ0) is 23.9. The third-order valence-electron chi connectivity index (χ3n) is 6.50. The molecule has 3 aliphatic rings. The van der Waals surface area contributed by atoms with Crippen LogP contribution >= 0.6 is 0 Å². The van der Waals surface area contributed by atoms with Crippen molar-refractivity contribution in [2.24, 2.45) is 10.2 Å². The fourth-order valence-corrected chi connectivity index (χ4v) is 4.58. The summed E-state index contributed by atoms with van der Waals surface area (Å²) in [5.74, 6) is 0.413. The molecule has 1 fully saturated rings. The number of carbonyl (C=O) groups is 1. The molecule has 0 unspecified atom stereocenters. The first-order chi connectivity index (χ1) is 16.3. The summed E-state index contributed by atoms with van der Waals surface area (Å²) >= 11 is 0. The molecule has 0 aliphatic carbocycles. The number of alkyl halides is 3. The third kappa shape index (κ3) is 4.37. The molecule has 8 nitrogen and oxygen atoms in total. The van der Waals surface area contributed by atoms with Crippen molar-refractivity contribution in [3.8, 4) is 0 Å². The van der Waals surface area contributed by atoms with Gasteiger partial charge < -0.3 is 18.9 Å². The molecule has 34 heavy (non-hydrogen) atoms. The molecule has 1 saturated heterocycles. The van der Waals surface area contributed by atoms with Crippen molar-refractivity contribution in [1.29, 1.82) is 0 Å². The Kier molecular flexibility index (Phi) is 5.98. The lowest BCUT2D eigenvalue weighted by molar-refractivity contribution is -0.137. The van der Waals surface area contributed by atoms with Crippen LogP contribution in [0.15, 0.2) is 40.7 Å². The van der Waals surface area contributed by atoms with E-state index < -0.39 is 17.6 Å². The number of benzene rings is 1. The summed E-state index contributed by atoms with van der Waals surface area (Å²) in [7, 11) is 1.62. The minimum Gasteiger partial charge on any atom is -0.372 e. The van der Waals surface area contributed by atoms with Gasteiger partial charge in [0, 0.05) is 38.2 Å². The number of amides is 1. The second-order valence-corrected chi connectivity index (χ2v) is 8.61. The Hall–Kier alpha value is -3.05. The summed E-state index contributed by atoms with van der Waals surface area (Å²) < 4.78 is 52.6. The van der Waals surface area contributed by atoms with Gasteiger partial charge in [-0.1, -0.05) is 6.07 Å². The lowest BCUT2D eigenvalue weighted by atomic mass is 9.95. The Bertz CT molecular complexity index is 1160. The normalized spacial score (nSPS) is 22.7. The molecule has 1 aromatic heterocycles. The SMILES string of the molecule is CN(C(=O)c1cccc(C(F)(F)F)c1)[C@@H]1CCO[C@H](C2=NN=C(c3cnc4n3CCOC4)C2)C1. The Morgan fingerprint density at radius 3 is 2.91 bits per heavy atom. The highest BCUT2D eigenvalue weighted by molar-refractivity contribution is 6.15. The van der Waals surface area contributed by atoms with Gasteiger partial charge in [0.05, 0.1) is 41.6 Å². The number of fused-ring (bicyclic) bond motifs is 1. The molecule has 180 valence electrons. The molecule has 3 aliphatic heterocycles. The van der Waals surface area contributed by atoms with E-state index in [1.54, 1.807) is 13.2 Å². The number of hydrogen-bond acceptors (Lipinski definition) is 6. The van der Waals surface area contributed by atoms with Gasteiger partial charge in [-0.25, -0.2) is 4.98 Å². The van der Waals surface area contributed by atoms with Gasteiger partial charge >= 0.3 is 6.18 Å². The molecule has 0 saturated carbocycles. The topological polar surface area (TPSA) is 81.3 Å². The molecule has 1 amide bonds. The average molecular weight is 475 g/mol. The monoisotopic (exact) mass is 475 g/mol. The van der Waals surface area contributed by atoms with Gasteiger partial charge in [-0.3, -0.25) is 4.79 Å². The predicted molar refractivity (Wildman–Crippen MR) is 117 cm³/mol. The summed E-state index contributed by atoms with van der Waals surface area (Å²) in [6.45, 7) is 2.23. The molecule has 0 spiro atoms. The fourth-order valence-electron chi connectivity index (χ4n) is 4.58. The highest BCUT2D eigenvalue weighted by Crippen LogP contribution is 2.30. The van der Waals surface area contributed by atoms with Crippen LogP contribution < -0.4 is 0 Å². The second kappa shape index (κ2) is 8.95. The molecule has 4 heterocycles. The number of imidazole rings is 1. The number of aromatic nitrogens is 2. The molecule has 2 aromatic rings. The Labute approximate surface area is 194 Å². The van der Waals surface area contributed by atoms with Crippen molar-refractivity contribution in [1.82, 2.24) is 14.5 Å². The standard InChI is InChI=1S/C23H24F3N5O3/c1-30(22(32)14-3-2-4-15(9-14)23(24,25)26)16-5-7-34-20(10-16)18-11-17(28-29-18)19-12-27-21-13-33-8-6-31(19)21/h2-4,9,12,16,20H,5-8,10-11,13H2,1H3/t16-,20+/m1/s1. The molecule has 0 bridgehead atoms. The molecular weight excluding hydrogens is 451 g/mol. The van der Waals surface area contributed by atoms with Crippen LogP contribution in [0, 0.1) is 0 Å². The Balaban J connectivity index is 1.24. The van der Waals surface area contributed by atoms with Crippen LogP contribution in [0.1, 0.15) is 46.7 Å². The van der Waals surface area contributed by atoms with E-state index in [1.165, 1.54) is 17.0 Å². The van der Waals surface area contributed by atoms with Gasteiger partial charge in [0.15, 0.2) is 0 Å². The Morgan fingerprint density at radius 2 is 2.09 bits per heavy atom. The Morgan fingerprint density at radius 1 is 1.24 bits per heavy atom. The lowest BCUT2D eigenvalue weighted by Crippen LogP contribution is -2.45. The first-order valence-electron chi connectivity index (χ1n) is 11.1. The maximum absolute atomic E-state index is 13.1. The van der Waals surface area contributed by atoms with Crippen LogP contribution in [0.25, 0.3) is 0 Å². The van der Waals surface area contributed by atoms with Crippen molar-refractivity contribution >= 4 is 17.3 Å². The summed E-state index contributed by atoms with van der Waals surface area (Å²) in [6, 6.07) is 4.33. The lowest BCUT2D eigenvalue weighted by Gasteiger charge is -2.35. The van der Waals surface area contributed by atoms with Crippen LogP contribution in [0.3, 0.4) is 0 Å². The highest BCUT2D eigenvalue weighted by Gasteiger charge is 2.35. The van der Waals surface area contributed by atoms with Gasteiger partial charge in [-0.15, -0.1) is 0 Å². The van der Waals surface area contributed by atoms with Crippen molar-refractivity contribution in [2.75, 3.05) is 20.3 Å². The van der Waals surface area contributed by atoms with E-state index in [-0.39, 0.29) is 17.7 Å². The largest absolute Gasteiger partial charge is 0.416 e. The van der Waals surface area contributed by atoms with Gasteiger partial charge in [-0.05, 0) is 31.0 Å². The van der Waals surface area contributed by atoms with Gasteiger partial charge in [0.25, 0.3) is 5.91 Å². The van der Waals surface area contributed by atoms with E-state index in [1.807, 2.05) is 0 Å². The van der Waals surface area contributed by atoms with E-state index in [2.05, 4.69) is 19.8 Å². The maximum atomic E-state index is 13.1. The number of rotatable bonds is 4. The number of nitrogens with zero attached hydrogens (tertiary/aromatic N) is 5. The number of ether oxygens (including phenoxy) is 2. The molecule has 0 radical (unpaired) electrons. The molecule has 2 atom stereocenters. The van der Waals surface area contributed by atoms with Gasteiger partial charge in [0.1, 0.15) is 12.4 Å². The zero-order valence-corrected chi connectivity index (χ0v) is 18.6. The quantitative estimate of drug-likeness (QED) is 0.680. The van der Waals surface area contributed by atoms with E-state index in [9.17, 15) is 18.0 Å². The maximum Gasteiger partial charge on any atom is 0.416 e. The van der Waals surface area contributed by atoms with Crippen LogP contribution in [-0.2, 0) is 28.8 Å². The molecule has 11 heteroatoms. The molecule has 5 rings (SSSR count). The summed E-state index contributed by atoms with van der Waals surface area (Å²) in [6.07, 6.45) is -1.42. The minimum absolute atomic E-state index is 0.0127. The molecular formula is C23H24F3N5O3. The predicted octanol–water partition coefficient (Wildman–Crippen LogP) is 3.30. The first kappa shape index (κ1) is 22.7. The second-order valence-electron chi connectivity index (χ2n) is 8.61. The zero-order valence-electron chi connectivity index (χ0n) is 18.6. The third-order valence-corrected chi connectivity index (χ3v) is 6.50. The van der Waals surface area contributed by atoms with E-state index >= 15 is 0 Å². The summed E-state index contributed by atoms with van der Waals surface area (Å²) in [4.78, 5) is 18.9. The van der Waals surface area contributed by atoms with E-state index in [4.69, 9.17) is 9.47 Å². The van der Waals surface area contributed by atoms with Gasteiger partial charge in [0.2, 0.25) is 0 Å². The average Bonchev–Trinajstić information content (AvgIpc) is 3.50. The van der Waals surface area contributed by atoms with Crippen molar-refractivity contribution in [3.63, 3.8) is 0 Å². The van der Waals surface area contributed by atoms with Crippen LogP contribution in [0.2, 0.25) is 0 Å². The van der Waals surface area contributed by atoms with Crippen LogP contribution in [0.4, 0.5) is 13.2 Å². The number of halogens is 3. The fraction of sp³-hybridized carbons (Fsp3) is 0.478. The van der Waals surface area contributed by atoms with E-state index in [0.29, 0.717) is 45.6 Å². The van der Waals surface area contributed by atoms with Crippen molar-refractivity contribution in [2.45, 2.75) is 50.7 Å². The molecule has 0 N–H and O–H groups in total. The van der Waals surface area contributed by atoms with Crippen LogP contribution in [0.5, 0.6) is 0 Å². The summed E-state index contributed by atoms with van der Waals surface area (Å²) in [5.41, 5.74) is 1.69. The van der Waals surface area contributed by atoms with Crippen molar-refractivity contribution in [3.05, 3.63) is 53.1 Å². The van der Waals surface area contributed by atoms with Crippen molar-refractivity contribution < 1.29 is 27.4 Å². The van der Waals surface area contributed by atoms with Gasteiger partial charge in [-0.2, -0.15) is 23.4 Å². The number of carbonyl (C=O) groups excluding carboxylic acids is 1.